The Kier molecular flexibility index (Phi) is 5.22. The molecule has 1 aromatic carbocycles. The summed E-state index contributed by atoms with van der Waals surface area (Å²) in [5, 5.41) is 11.6. The fourth-order valence-corrected chi connectivity index (χ4v) is 1.72. The monoisotopic (exact) mass is 283 g/mol. The number of carboxylic acid groups (broad SMARTS) is 1. The Morgan fingerprint density at radius 3 is 3.00 bits per heavy atom. The molecular weight excluding hydrogens is 270 g/mol. The van der Waals surface area contributed by atoms with Gasteiger partial charge in [-0.3, -0.25) is 0 Å². The Morgan fingerprint density at radius 2 is 2.38 bits per heavy atom. The van der Waals surface area contributed by atoms with Crippen LogP contribution < -0.4 is 5.32 Å². The molecule has 0 aliphatic heterocycles. The minimum Gasteiger partial charge on any atom is -0.478 e. The van der Waals surface area contributed by atoms with Crippen LogP contribution in [-0.4, -0.2) is 17.6 Å². The zero-order valence-corrected chi connectivity index (χ0v) is 10.6. The lowest BCUT2D eigenvalue weighted by Crippen LogP contribution is -2.18. The molecule has 0 fully saturated rings. The molecule has 0 radical (unpaired) electrons. The van der Waals surface area contributed by atoms with E-state index in [2.05, 4.69) is 21.2 Å². The largest absolute Gasteiger partial charge is 0.478 e. The molecule has 0 spiro atoms. The van der Waals surface area contributed by atoms with Crippen molar-refractivity contribution in [3.05, 3.63) is 46.5 Å². The van der Waals surface area contributed by atoms with E-state index in [1.54, 1.807) is 6.08 Å². The Morgan fingerprint density at radius 1 is 1.62 bits per heavy atom. The third-order valence-corrected chi connectivity index (χ3v) is 2.64. The summed E-state index contributed by atoms with van der Waals surface area (Å²) in [7, 11) is 0. The van der Waals surface area contributed by atoms with Crippen LogP contribution in [0.2, 0.25) is 0 Å². The molecule has 0 heterocycles. The van der Waals surface area contributed by atoms with Crippen molar-refractivity contribution in [2.24, 2.45) is 0 Å². The van der Waals surface area contributed by atoms with Crippen LogP contribution in [0, 0.1) is 0 Å². The minimum atomic E-state index is -0.920. The third-order valence-electron chi connectivity index (χ3n) is 2.15. The summed E-state index contributed by atoms with van der Waals surface area (Å²) in [5.41, 5.74) is 1.16. The van der Waals surface area contributed by atoms with E-state index in [4.69, 9.17) is 5.11 Å². The first kappa shape index (κ1) is 12.9. The Hall–Kier alpha value is -1.13. The van der Waals surface area contributed by atoms with Gasteiger partial charge >= 0.3 is 5.97 Å². The fourth-order valence-electron chi connectivity index (χ4n) is 1.30. The van der Waals surface area contributed by atoms with Gasteiger partial charge in [-0.05, 0) is 24.6 Å². The summed E-state index contributed by atoms with van der Waals surface area (Å²) in [6.07, 6.45) is 2.73. The highest BCUT2D eigenvalue weighted by Gasteiger charge is 2.03. The van der Waals surface area contributed by atoms with E-state index in [1.165, 1.54) is 0 Å². The number of carboxylic acids is 1. The molecule has 0 unspecified atom stereocenters. The van der Waals surface area contributed by atoms with Crippen LogP contribution in [0.1, 0.15) is 18.5 Å². The molecule has 3 nitrogen and oxygen atoms in total. The predicted molar refractivity (Wildman–Crippen MR) is 67.3 cm³/mol. The van der Waals surface area contributed by atoms with Crippen LogP contribution in [0.15, 0.2) is 40.9 Å². The Balaban J connectivity index is 2.46. The van der Waals surface area contributed by atoms with Crippen molar-refractivity contribution in [1.82, 2.24) is 5.32 Å². The number of benzene rings is 1. The van der Waals surface area contributed by atoms with Crippen molar-refractivity contribution in [3.8, 4) is 0 Å². The molecule has 1 rings (SSSR count). The Bertz CT molecular complexity index is 390. The molecule has 0 aromatic heterocycles. The first-order valence-electron chi connectivity index (χ1n) is 4.98. The van der Waals surface area contributed by atoms with Gasteiger partial charge in [0, 0.05) is 23.1 Å². The second kappa shape index (κ2) is 6.45. The van der Waals surface area contributed by atoms with Gasteiger partial charge in [-0.2, -0.15) is 0 Å². The summed E-state index contributed by atoms with van der Waals surface area (Å²) >= 11 is 3.41. The van der Waals surface area contributed by atoms with E-state index >= 15 is 0 Å². The van der Waals surface area contributed by atoms with Crippen LogP contribution in [0.25, 0.3) is 0 Å². The number of hydrogen-bond acceptors (Lipinski definition) is 2. The second-order valence-electron chi connectivity index (χ2n) is 3.43. The molecule has 86 valence electrons. The molecule has 0 saturated carbocycles. The van der Waals surface area contributed by atoms with Gasteiger partial charge in [-0.15, -0.1) is 0 Å². The van der Waals surface area contributed by atoms with Gasteiger partial charge < -0.3 is 10.4 Å². The molecule has 0 amide bonds. The SMILES string of the molecule is C[C@H](NC/C=C/C(=O)O)c1cccc(Br)c1. The van der Waals surface area contributed by atoms with Gasteiger partial charge in [0.15, 0.2) is 0 Å². The van der Waals surface area contributed by atoms with Gasteiger partial charge in [0.25, 0.3) is 0 Å². The molecular formula is C12H14BrNO2. The lowest BCUT2D eigenvalue weighted by Gasteiger charge is -2.12. The average Bonchev–Trinajstić information content (AvgIpc) is 2.24. The molecule has 0 bridgehead atoms. The molecule has 1 aromatic rings. The number of nitrogens with one attached hydrogen (secondary N) is 1. The van der Waals surface area contributed by atoms with Crippen molar-refractivity contribution in [1.29, 1.82) is 0 Å². The van der Waals surface area contributed by atoms with E-state index in [0.29, 0.717) is 6.54 Å². The lowest BCUT2D eigenvalue weighted by atomic mass is 10.1. The molecule has 1 atom stereocenters. The highest BCUT2D eigenvalue weighted by atomic mass is 79.9. The van der Waals surface area contributed by atoms with E-state index < -0.39 is 5.97 Å². The standard InChI is InChI=1S/C12H14BrNO2/c1-9(14-7-3-6-12(15)16)10-4-2-5-11(13)8-10/h2-6,8-9,14H,7H2,1H3,(H,15,16)/b6-3+/t9-/m0/s1. The van der Waals surface area contributed by atoms with Crippen LogP contribution in [0.3, 0.4) is 0 Å². The van der Waals surface area contributed by atoms with Gasteiger partial charge in [-0.25, -0.2) is 4.79 Å². The van der Waals surface area contributed by atoms with Crippen LogP contribution in [-0.2, 0) is 4.79 Å². The molecule has 16 heavy (non-hydrogen) atoms. The molecule has 0 aliphatic carbocycles. The van der Waals surface area contributed by atoms with Gasteiger partial charge in [0.2, 0.25) is 0 Å². The van der Waals surface area contributed by atoms with E-state index in [1.807, 2.05) is 31.2 Å². The number of halogens is 1. The topological polar surface area (TPSA) is 49.3 Å². The summed E-state index contributed by atoms with van der Waals surface area (Å²) in [4.78, 5) is 10.2. The first-order chi connectivity index (χ1) is 7.59. The maximum Gasteiger partial charge on any atom is 0.328 e. The zero-order chi connectivity index (χ0) is 12.0. The smallest absolute Gasteiger partial charge is 0.328 e. The van der Waals surface area contributed by atoms with Crippen molar-refractivity contribution in [2.75, 3.05) is 6.54 Å². The van der Waals surface area contributed by atoms with Crippen LogP contribution >= 0.6 is 15.9 Å². The zero-order valence-electron chi connectivity index (χ0n) is 8.98. The molecule has 0 aliphatic rings. The van der Waals surface area contributed by atoms with Crippen LogP contribution in [0.4, 0.5) is 0 Å². The lowest BCUT2D eigenvalue weighted by molar-refractivity contribution is -0.131. The fraction of sp³-hybridized carbons (Fsp3) is 0.250. The van der Waals surface area contributed by atoms with Gasteiger partial charge in [-0.1, -0.05) is 34.1 Å². The summed E-state index contributed by atoms with van der Waals surface area (Å²) in [6, 6.07) is 8.21. The second-order valence-corrected chi connectivity index (χ2v) is 4.34. The van der Waals surface area contributed by atoms with Crippen molar-refractivity contribution >= 4 is 21.9 Å². The van der Waals surface area contributed by atoms with E-state index in [-0.39, 0.29) is 6.04 Å². The van der Waals surface area contributed by atoms with Crippen molar-refractivity contribution in [3.63, 3.8) is 0 Å². The summed E-state index contributed by atoms with van der Waals surface area (Å²) in [5.74, 6) is -0.920. The van der Waals surface area contributed by atoms with E-state index in [9.17, 15) is 4.79 Å². The highest BCUT2D eigenvalue weighted by Crippen LogP contribution is 2.17. The van der Waals surface area contributed by atoms with Crippen molar-refractivity contribution < 1.29 is 9.90 Å². The minimum absolute atomic E-state index is 0.191. The van der Waals surface area contributed by atoms with Crippen LogP contribution in [0.5, 0.6) is 0 Å². The first-order valence-corrected chi connectivity index (χ1v) is 5.77. The van der Waals surface area contributed by atoms with Crippen molar-refractivity contribution in [2.45, 2.75) is 13.0 Å². The molecule has 4 heteroatoms. The quantitative estimate of drug-likeness (QED) is 0.817. The molecule has 0 saturated heterocycles. The van der Waals surface area contributed by atoms with E-state index in [0.717, 1.165) is 16.1 Å². The average molecular weight is 284 g/mol. The maximum absolute atomic E-state index is 10.2. The number of aliphatic carboxylic acids is 1. The normalized spacial score (nSPS) is 12.9. The van der Waals surface area contributed by atoms with Gasteiger partial charge in [0.1, 0.15) is 0 Å². The number of carbonyl (C=O) groups is 1. The molecule has 2 N–H and O–H groups in total. The number of rotatable bonds is 5. The summed E-state index contributed by atoms with van der Waals surface area (Å²) < 4.78 is 1.04. The highest BCUT2D eigenvalue weighted by molar-refractivity contribution is 9.10. The third kappa shape index (κ3) is 4.59. The number of hydrogen-bond donors (Lipinski definition) is 2. The Labute approximate surface area is 103 Å². The predicted octanol–water partition coefficient (Wildman–Crippen LogP) is 2.74. The maximum atomic E-state index is 10.2. The summed E-state index contributed by atoms with van der Waals surface area (Å²) in [6.45, 7) is 2.58. The van der Waals surface area contributed by atoms with Gasteiger partial charge in [0.05, 0.1) is 0 Å².